The van der Waals surface area contributed by atoms with Crippen molar-refractivity contribution < 1.29 is 14.6 Å². The number of nitrogens with zero attached hydrogens (tertiary/aromatic N) is 1. The molecule has 2 rings (SSSR count). The highest BCUT2D eigenvalue weighted by molar-refractivity contribution is 7.71. The molecule has 5 nitrogen and oxygen atoms in total. The number of hydrogen-bond acceptors (Lipinski definition) is 3. The zero-order valence-electron chi connectivity index (χ0n) is 9.27. The first kappa shape index (κ1) is 11.7. The van der Waals surface area contributed by atoms with E-state index in [0.717, 1.165) is 11.0 Å². The van der Waals surface area contributed by atoms with Crippen LogP contribution in [0.1, 0.15) is 6.42 Å². The minimum Gasteiger partial charge on any atom is -0.491 e. The monoisotopic (exact) mass is 252 g/mol. The van der Waals surface area contributed by atoms with Gasteiger partial charge in [-0.2, -0.15) is 0 Å². The van der Waals surface area contributed by atoms with Crippen LogP contribution in [0.5, 0.6) is 5.75 Å². The number of hydrogen-bond donors (Lipinski definition) is 2. The van der Waals surface area contributed by atoms with Crippen molar-refractivity contribution in [1.82, 2.24) is 9.55 Å². The Bertz CT molecular complexity index is 615. The van der Waals surface area contributed by atoms with Crippen molar-refractivity contribution in [3.8, 4) is 5.75 Å². The van der Waals surface area contributed by atoms with Crippen LogP contribution in [-0.4, -0.2) is 27.2 Å². The maximum atomic E-state index is 10.4. The normalized spacial score (nSPS) is 10.6. The van der Waals surface area contributed by atoms with E-state index < -0.39 is 5.97 Å². The van der Waals surface area contributed by atoms with E-state index in [2.05, 4.69) is 4.98 Å². The molecule has 0 radical (unpaired) electrons. The zero-order chi connectivity index (χ0) is 12.4. The summed E-state index contributed by atoms with van der Waals surface area (Å²) in [6.07, 6.45) is -0.0226. The van der Waals surface area contributed by atoms with Crippen molar-refractivity contribution in [3.63, 3.8) is 0 Å². The van der Waals surface area contributed by atoms with Crippen molar-refractivity contribution in [3.05, 3.63) is 23.0 Å². The standard InChI is InChI=1S/C11H12N2O3S/c1-13-10-7(12-11(13)17)3-2-4-8(10)16-6-5-9(14)15/h2-4H,5-6H2,1H3,(H,12,17)(H,14,15). The molecule has 0 saturated carbocycles. The Balaban J connectivity index is 2.33. The largest absolute Gasteiger partial charge is 0.491 e. The summed E-state index contributed by atoms with van der Waals surface area (Å²) >= 11 is 5.13. The van der Waals surface area contributed by atoms with Gasteiger partial charge < -0.3 is 19.4 Å². The van der Waals surface area contributed by atoms with Crippen LogP contribution in [0.25, 0.3) is 11.0 Å². The number of para-hydroxylation sites is 1. The Kier molecular flexibility index (Phi) is 3.14. The number of rotatable bonds is 4. The Morgan fingerprint density at radius 3 is 3.06 bits per heavy atom. The van der Waals surface area contributed by atoms with Gasteiger partial charge in [0.25, 0.3) is 0 Å². The molecule has 0 amide bonds. The van der Waals surface area contributed by atoms with Crippen LogP contribution < -0.4 is 4.74 Å². The van der Waals surface area contributed by atoms with Gasteiger partial charge in [-0.3, -0.25) is 4.79 Å². The molecule has 1 heterocycles. The third-order valence-electron chi connectivity index (χ3n) is 2.45. The first-order chi connectivity index (χ1) is 8.09. The summed E-state index contributed by atoms with van der Waals surface area (Å²) in [5.74, 6) is -0.238. The van der Waals surface area contributed by atoms with E-state index in [9.17, 15) is 4.79 Å². The van der Waals surface area contributed by atoms with Gasteiger partial charge in [0.05, 0.1) is 18.5 Å². The molecule has 90 valence electrons. The lowest BCUT2D eigenvalue weighted by Gasteiger charge is -2.06. The van der Waals surface area contributed by atoms with Gasteiger partial charge in [-0.05, 0) is 24.4 Å². The highest BCUT2D eigenvalue weighted by Crippen LogP contribution is 2.24. The fraction of sp³-hybridized carbons (Fsp3) is 0.273. The number of benzene rings is 1. The molecule has 0 aliphatic rings. The van der Waals surface area contributed by atoms with Gasteiger partial charge in [0.1, 0.15) is 11.3 Å². The van der Waals surface area contributed by atoms with Gasteiger partial charge in [0.2, 0.25) is 0 Å². The van der Waals surface area contributed by atoms with E-state index in [0.29, 0.717) is 10.5 Å². The summed E-state index contributed by atoms with van der Waals surface area (Å²) in [4.78, 5) is 13.5. The van der Waals surface area contributed by atoms with E-state index in [1.54, 1.807) is 10.6 Å². The Hall–Kier alpha value is -1.82. The number of aromatic nitrogens is 2. The average Bonchev–Trinajstić information content (AvgIpc) is 2.55. The molecule has 6 heteroatoms. The lowest BCUT2D eigenvalue weighted by molar-refractivity contribution is -0.137. The van der Waals surface area contributed by atoms with E-state index >= 15 is 0 Å². The molecule has 0 atom stereocenters. The molecule has 1 aromatic heterocycles. The van der Waals surface area contributed by atoms with Gasteiger partial charge in [-0.15, -0.1) is 0 Å². The minimum atomic E-state index is -0.875. The number of carboxylic acid groups (broad SMARTS) is 1. The van der Waals surface area contributed by atoms with Gasteiger partial charge in [0.15, 0.2) is 4.77 Å². The summed E-state index contributed by atoms with van der Waals surface area (Å²) in [6.45, 7) is 0.145. The fourth-order valence-electron chi connectivity index (χ4n) is 1.63. The van der Waals surface area contributed by atoms with Crippen molar-refractivity contribution in [2.75, 3.05) is 6.61 Å². The smallest absolute Gasteiger partial charge is 0.306 e. The maximum Gasteiger partial charge on any atom is 0.306 e. The Morgan fingerprint density at radius 2 is 2.35 bits per heavy atom. The number of ether oxygens (including phenoxy) is 1. The number of H-pyrrole nitrogens is 1. The summed E-state index contributed by atoms with van der Waals surface area (Å²) in [5, 5.41) is 8.56. The first-order valence-corrected chi connectivity index (χ1v) is 5.52. The Morgan fingerprint density at radius 1 is 1.59 bits per heavy atom. The molecule has 17 heavy (non-hydrogen) atoms. The van der Waals surface area contributed by atoms with Crippen LogP contribution >= 0.6 is 12.2 Å². The molecule has 0 spiro atoms. The lowest BCUT2D eigenvalue weighted by Crippen LogP contribution is -2.05. The third kappa shape index (κ3) is 2.31. The maximum absolute atomic E-state index is 10.4. The molecule has 0 aliphatic heterocycles. The number of imidazole rings is 1. The molecular weight excluding hydrogens is 240 g/mol. The van der Waals surface area contributed by atoms with E-state index in [4.69, 9.17) is 22.1 Å². The van der Waals surface area contributed by atoms with Crippen molar-refractivity contribution >= 4 is 29.2 Å². The highest BCUT2D eigenvalue weighted by atomic mass is 32.1. The topological polar surface area (TPSA) is 67.2 Å². The number of carbonyl (C=O) groups is 1. The zero-order valence-corrected chi connectivity index (χ0v) is 10.1. The van der Waals surface area contributed by atoms with Gasteiger partial charge in [-0.1, -0.05) is 6.07 Å². The molecule has 0 aliphatic carbocycles. The predicted molar refractivity (Wildman–Crippen MR) is 65.9 cm³/mol. The number of aryl methyl sites for hydroxylation is 1. The van der Waals surface area contributed by atoms with Crippen LogP contribution in [0.3, 0.4) is 0 Å². The van der Waals surface area contributed by atoms with E-state index in [-0.39, 0.29) is 13.0 Å². The lowest BCUT2D eigenvalue weighted by atomic mass is 10.3. The fourth-order valence-corrected chi connectivity index (χ4v) is 1.84. The molecule has 1 aromatic carbocycles. The minimum absolute atomic E-state index is 0.0226. The molecule has 0 bridgehead atoms. The summed E-state index contributed by atoms with van der Waals surface area (Å²) < 4.78 is 7.87. The second-order valence-electron chi connectivity index (χ2n) is 3.63. The molecule has 0 fully saturated rings. The van der Waals surface area contributed by atoms with Crippen LogP contribution in [-0.2, 0) is 11.8 Å². The van der Waals surface area contributed by atoms with E-state index in [1.165, 1.54) is 0 Å². The SMILES string of the molecule is Cn1c(=S)[nH]c2cccc(OCCC(=O)O)c21. The van der Waals surface area contributed by atoms with Crippen molar-refractivity contribution in [2.24, 2.45) is 7.05 Å². The second-order valence-corrected chi connectivity index (χ2v) is 4.02. The molecule has 0 saturated heterocycles. The summed E-state index contributed by atoms with van der Waals surface area (Å²) in [7, 11) is 1.84. The number of fused-ring (bicyclic) bond motifs is 1. The highest BCUT2D eigenvalue weighted by Gasteiger charge is 2.08. The number of aliphatic carboxylic acids is 1. The third-order valence-corrected chi connectivity index (χ3v) is 2.83. The second kappa shape index (κ2) is 4.58. The number of carboxylic acids is 1. The average molecular weight is 252 g/mol. The van der Waals surface area contributed by atoms with Gasteiger partial charge in [0, 0.05) is 7.05 Å². The van der Waals surface area contributed by atoms with Crippen molar-refractivity contribution in [2.45, 2.75) is 6.42 Å². The van der Waals surface area contributed by atoms with Crippen LogP contribution in [0.2, 0.25) is 0 Å². The molecule has 2 aromatic rings. The molecule has 0 unspecified atom stereocenters. The number of nitrogens with one attached hydrogen (secondary N) is 1. The van der Waals surface area contributed by atoms with Crippen molar-refractivity contribution in [1.29, 1.82) is 0 Å². The summed E-state index contributed by atoms with van der Waals surface area (Å²) in [6, 6.07) is 5.53. The van der Waals surface area contributed by atoms with Gasteiger partial charge >= 0.3 is 5.97 Å². The van der Waals surface area contributed by atoms with E-state index in [1.807, 2.05) is 19.2 Å². The van der Waals surface area contributed by atoms with Crippen LogP contribution in [0, 0.1) is 4.77 Å². The summed E-state index contributed by atoms with van der Waals surface area (Å²) in [5.41, 5.74) is 1.73. The molecule has 2 N–H and O–H groups in total. The quantitative estimate of drug-likeness (QED) is 0.818. The predicted octanol–water partition coefficient (Wildman–Crippen LogP) is 2.09. The van der Waals surface area contributed by atoms with Crippen LogP contribution in [0.4, 0.5) is 0 Å². The first-order valence-electron chi connectivity index (χ1n) is 5.12. The Labute approximate surface area is 103 Å². The van der Waals surface area contributed by atoms with Crippen LogP contribution in [0.15, 0.2) is 18.2 Å². The van der Waals surface area contributed by atoms with Gasteiger partial charge in [-0.25, -0.2) is 0 Å². The molecular formula is C11H12N2O3S. The number of aromatic amines is 1.